The second-order valence-corrected chi connectivity index (χ2v) is 15.5. The summed E-state index contributed by atoms with van der Waals surface area (Å²) in [6, 6.07) is 83.7. The van der Waals surface area contributed by atoms with Crippen LogP contribution in [0.4, 0.5) is 34.1 Å². The van der Waals surface area contributed by atoms with Crippen molar-refractivity contribution >= 4 is 55.7 Å². The van der Waals surface area contributed by atoms with E-state index >= 15 is 0 Å². The average Bonchev–Trinajstić information content (AvgIpc) is 3.31. The van der Waals surface area contributed by atoms with Crippen molar-refractivity contribution in [2.75, 3.05) is 9.80 Å². The molecule has 0 heterocycles. The molecule has 0 spiro atoms. The largest absolute Gasteiger partial charge is 0.310 e. The molecule has 10 rings (SSSR count). The molecule has 0 unspecified atom stereocenters. The summed E-state index contributed by atoms with van der Waals surface area (Å²) in [5, 5.41) is 4.79. The molecule has 0 saturated carbocycles. The van der Waals surface area contributed by atoms with Crippen LogP contribution in [0.2, 0.25) is 0 Å². The van der Waals surface area contributed by atoms with Gasteiger partial charge in [0.05, 0.1) is 11.4 Å². The van der Waals surface area contributed by atoms with Gasteiger partial charge in [0.2, 0.25) is 0 Å². The van der Waals surface area contributed by atoms with Gasteiger partial charge in [-0.15, -0.1) is 0 Å². The van der Waals surface area contributed by atoms with Crippen molar-refractivity contribution in [2.24, 2.45) is 0 Å². The van der Waals surface area contributed by atoms with Crippen molar-refractivity contribution in [2.45, 2.75) is 13.8 Å². The van der Waals surface area contributed by atoms with Crippen molar-refractivity contribution in [3.63, 3.8) is 0 Å². The van der Waals surface area contributed by atoms with Gasteiger partial charge in [0, 0.05) is 33.5 Å². The van der Waals surface area contributed by atoms with Gasteiger partial charge in [-0.05, 0) is 119 Å². The summed E-state index contributed by atoms with van der Waals surface area (Å²) in [6.45, 7) is 4.29. The van der Waals surface area contributed by atoms with Gasteiger partial charge in [-0.3, -0.25) is 0 Å². The second-order valence-electron chi connectivity index (χ2n) is 15.5. The summed E-state index contributed by atoms with van der Waals surface area (Å²) in [5.41, 5.74) is 16.4. The molecule has 0 aliphatic heterocycles. The molecule has 10 aromatic rings. The maximum absolute atomic E-state index is 2.39. The molecule has 60 heavy (non-hydrogen) atoms. The van der Waals surface area contributed by atoms with Crippen molar-refractivity contribution in [1.82, 2.24) is 0 Å². The highest BCUT2D eigenvalue weighted by Crippen LogP contribution is 2.46. The fourth-order valence-electron chi connectivity index (χ4n) is 8.55. The average molecular weight is 769 g/mol. The predicted molar refractivity (Wildman–Crippen MR) is 257 cm³/mol. The lowest BCUT2D eigenvalue weighted by molar-refractivity contribution is 1.29. The zero-order valence-corrected chi connectivity index (χ0v) is 33.8. The van der Waals surface area contributed by atoms with E-state index in [9.17, 15) is 0 Å². The molecule has 0 N–H and O–H groups in total. The number of hydrogen-bond acceptors (Lipinski definition) is 2. The van der Waals surface area contributed by atoms with Gasteiger partial charge in [0.1, 0.15) is 0 Å². The van der Waals surface area contributed by atoms with Gasteiger partial charge in [0.25, 0.3) is 0 Å². The van der Waals surface area contributed by atoms with E-state index in [0.717, 1.165) is 34.1 Å². The molecule has 0 aliphatic rings. The lowest BCUT2D eigenvalue weighted by Gasteiger charge is -2.28. The first-order chi connectivity index (χ1) is 29.6. The number of nitrogens with zero attached hydrogens (tertiary/aromatic N) is 2. The van der Waals surface area contributed by atoms with Crippen LogP contribution in [-0.4, -0.2) is 0 Å². The van der Waals surface area contributed by atoms with E-state index in [1.807, 2.05) is 0 Å². The fourth-order valence-corrected chi connectivity index (χ4v) is 8.55. The first-order valence-corrected chi connectivity index (χ1v) is 20.7. The molecular formula is C58H44N2. The van der Waals surface area contributed by atoms with Gasteiger partial charge in [-0.1, -0.05) is 181 Å². The molecule has 0 aliphatic carbocycles. The zero-order chi connectivity index (χ0) is 40.4. The topological polar surface area (TPSA) is 6.48 Å². The third-order valence-corrected chi connectivity index (χ3v) is 11.6. The molecule has 0 saturated heterocycles. The minimum atomic E-state index is 1.11. The van der Waals surface area contributed by atoms with E-state index < -0.39 is 0 Å². The Bertz CT molecular complexity index is 2890. The molecule has 286 valence electrons. The molecule has 0 amide bonds. The van der Waals surface area contributed by atoms with Crippen molar-refractivity contribution < 1.29 is 0 Å². The first kappa shape index (κ1) is 36.6. The Morgan fingerprint density at radius 2 is 0.567 bits per heavy atom. The van der Waals surface area contributed by atoms with E-state index in [4.69, 9.17) is 0 Å². The maximum atomic E-state index is 2.39. The van der Waals surface area contributed by atoms with E-state index in [1.54, 1.807) is 0 Å². The minimum absolute atomic E-state index is 1.11. The smallest absolute Gasteiger partial charge is 0.0540 e. The zero-order valence-electron chi connectivity index (χ0n) is 33.8. The van der Waals surface area contributed by atoms with Gasteiger partial charge >= 0.3 is 0 Å². The molecule has 0 radical (unpaired) electrons. The summed E-state index contributed by atoms with van der Waals surface area (Å²) in [7, 11) is 0. The molecule has 10 aromatic carbocycles. The van der Waals surface area contributed by atoms with E-state index in [2.05, 4.69) is 254 Å². The van der Waals surface area contributed by atoms with Crippen molar-refractivity contribution in [1.29, 1.82) is 0 Å². The third kappa shape index (κ3) is 6.99. The van der Waals surface area contributed by atoms with Crippen molar-refractivity contribution in [3.8, 4) is 33.4 Å². The number of benzene rings is 10. The highest BCUT2D eigenvalue weighted by Gasteiger charge is 2.20. The molecular weight excluding hydrogens is 725 g/mol. The Morgan fingerprint density at radius 1 is 0.233 bits per heavy atom. The Balaban J connectivity index is 1.11. The van der Waals surface area contributed by atoms with Crippen LogP contribution in [0, 0.1) is 13.8 Å². The summed E-state index contributed by atoms with van der Waals surface area (Å²) in [5.74, 6) is 0. The van der Waals surface area contributed by atoms with Crippen LogP contribution in [0.1, 0.15) is 11.1 Å². The summed E-state index contributed by atoms with van der Waals surface area (Å²) in [4.78, 5) is 4.79. The van der Waals surface area contributed by atoms with Crippen LogP contribution in [0.3, 0.4) is 0 Å². The lowest BCUT2D eigenvalue weighted by atomic mass is 9.92. The quantitative estimate of drug-likeness (QED) is 0.144. The van der Waals surface area contributed by atoms with Crippen LogP contribution in [0.5, 0.6) is 0 Å². The molecule has 0 aromatic heterocycles. The molecule has 0 fully saturated rings. The molecule has 0 bridgehead atoms. The molecule has 2 heteroatoms. The SMILES string of the molecule is Cc1ccc(N(c2ccc(-c3ccccc3)cc2)c2cccc3c(-c4ccc(N(c5ccc(C)cc5)c5ccc(-c6ccccc6)cc5)c5ccccc45)cccc23)cc1. The second kappa shape index (κ2) is 15.9. The first-order valence-electron chi connectivity index (χ1n) is 20.7. The summed E-state index contributed by atoms with van der Waals surface area (Å²) in [6.07, 6.45) is 0. The Morgan fingerprint density at radius 3 is 1.05 bits per heavy atom. The minimum Gasteiger partial charge on any atom is -0.310 e. The van der Waals surface area contributed by atoms with Crippen LogP contribution in [-0.2, 0) is 0 Å². The number of hydrogen-bond donors (Lipinski definition) is 0. The van der Waals surface area contributed by atoms with E-state index in [-0.39, 0.29) is 0 Å². The fraction of sp³-hybridized carbons (Fsp3) is 0.0345. The van der Waals surface area contributed by atoms with Crippen molar-refractivity contribution in [3.05, 3.63) is 242 Å². The Kier molecular flexibility index (Phi) is 9.73. The maximum Gasteiger partial charge on any atom is 0.0540 e. The van der Waals surface area contributed by atoms with Gasteiger partial charge in [-0.2, -0.15) is 0 Å². The lowest BCUT2D eigenvalue weighted by Crippen LogP contribution is -2.11. The number of fused-ring (bicyclic) bond motifs is 2. The predicted octanol–water partition coefficient (Wildman–Crippen LogP) is 16.6. The third-order valence-electron chi connectivity index (χ3n) is 11.6. The summed E-state index contributed by atoms with van der Waals surface area (Å²) < 4.78 is 0. The number of aryl methyl sites for hydroxylation is 2. The molecule has 0 atom stereocenters. The van der Waals surface area contributed by atoms with Gasteiger partial charge in [-0.25, -0.2) is 0 Å². The van der Waals surface area contributed by atoms with Gasteiger partial charge in [0.15, 0.2) is 0 Å². The van der Waals surface area contributed by atoms with Crippen LogP contribution < -0.4 is 9.80 Å². The normalized spacial score (nSPS) is 11.2. The highest BCUT2D eigenvalue weighted by atomic mass is 15.1. The van der Waals surface area contributed by atoms with E-state index in [0.29, 0.717) is 0 Å². The highest BCUT2D eigenvalue weighted by molar-refractivity contribution is 6.12. The van der Waals surface area contributed by atoms with Crippen LogP contribution in [0.25, 0.3) is 54.9 Å². The number of anilines is 6. The standard InChI is InChI=1S/C58H44N2/c1-41-23-31-47(32-24-41)59(49-35-27-45(28-36-49)43-13-5-3-6-14-43)57-22-12-20-53-51(19-11-21-56(53)57)54-39-40-58(55-18-10-9-17-52(54)55)60(48-33-25-42(2)26-34-48)50-37-29-46(30-38-50)44-15-7-4-8-16-44/h3-40H,1-2H3. The van der Waals surface area contributed by atoms with Crippen LogP contribution >= 0.6 is 0 Å². The van der Waals surface area contributed by atoms with E-state index in [1.165, 1.54) is 66.1 Å². The summed E-state index contributed by atoms with van der Waals surface area (Å²) >= 11 is 0. The Hall–Kier alpha value is -7.68. The molecule has 2 nitrogen and oxygen atoms in total. The van der Waals surface area contributed by atoms with Crippen LogP contribution in [0.15, 0.2) is 231 Å². The number of rotatable bonds is 9. The monoisotopic (exact) mass is 768 g/mol. The van der Waals surface area contributed by atoms with Gasteiger partial charge < -0.3 is 9.80 Å². The Labute approximate surface area is 352 Å².